The van der Waals surface area contributed by atoms with Gasteiger partial charge in [0, 0.05) is 18.2 Å². The molecule has 1 amide bonds. The number of amides is 1. The van der Waals surface area contributed by atoms with Crippen molar-refractivity contribution in [2.75, 3.05) is 18.1 Å². The van der Waals surface area contributed by atoms with E-state index in [1.807, 2.05) is 19.1 Å². The molecule has 1 heterocycles. The largest absolute Gasteiger partial charge is 0.335 e. The van der Waals surface area contributed by atoms with Gasteiger partial charge >= 0.3 is 0 Å². The van der Waals surface area contributed by atoms with Crippen molar-refractivity contribution in [1.29, 1.82) is 0 Å². The van der Waals surface area contributed by atoms with Crippen molar-refractivity contribution in [3.05, 3.63) is 35.4 Å². The third kappa shape index (κ3) is 4.43. The molecule has 0 N–H and O–H groups in total. The van der Waals surface area contributed by atoms with Crippen molar-refractivity contribution in [1.82, 2.24) is 4.90 Å². The van der Waals surface area contributed by atoms with Crippen LogP contribution in [0.15, 0.2) is 24.3 Å². The van der Waals surface area contributed by atoms with Crippen molar-refractivity contribution in [2.24, 2.45) is 0 Å². The molecule has 0 radical (unpaired) electrons. The normalized spacial score (nSPS) is 23.5. The second kappa shape index (κ2) is 7.90. The summed E-state index contributed by atoms with van der Waals surface area (Å²) in [6, 6.07) is 7.88. The van der Waals surface area contributed by atoms with Crippen LogP contribution in [0.3, 0.4) is 0 Å². The van der Waals surface area contributed by atoms with Crippen LogP contribution >= 0.6 is 0 Å². The van der Waals surface area contributed by atoms with Crippen molar-refractivity contribution in [3.63, 3.8) is 0 Å². The highest BCUT2D eigenvalue weighted by Gasteiger charge is 2.34. The van der Waals surface area contributed by atoms with Gasteiger partial charge in [0.2, 0.25) is 0 Å². The Balaban J connectivity index is 1.73. The van der Waals surface area contributed by atoms with Crippen LogP contribution in [0, 0.1) is 0 Å². The second-order valence-corrected chi connectivity index (χ2v) is 9.74. The fraction of sp³-hybridized carbons (Fsp3) is 0.650. The maximum Gasteiger partial charge on any atom is 0.254 e. The molecule has 4 nitrogen and oxygen atoms in total. The first-order chi connectivity index (χ1) is 12.0. The minimum Gasteiger partial charge on any atom is -0.335 e. The summed E-state index contributed by atoms with van der Waals surface area (Å²) in [6.07, 6.45) is 7.82. The lowest BCUT2D eigenvalue weighted by Gasteiger charge is -2.28. The molecule has 0 bridgehead atoms. The lowest BCUT2D eigenvalue weighted by Crippen LogP contribution is -2.41. The molecule has 25 heavy (non-hydrogen) atoms. The molecule has 5 heteroatoms. The first-order valence-corrected chi connectivity index (χ1v) is 11.4. The number of rotatable bonds is 5. The van der Waals surface area contributed by atoms with Gasteiger partial charge in [-0.05, 0) is 49.3 Å². The summed E-state index contributed by atoms with van der Waals surface area (Å²) in [6.45, 7) is 2.64. The van der Waals surface area contributed by atoms with Gasteiger partial charge in [-0.2, -0.15) is 0 Å². The summed E-state index contributed by atoms with van der Waals surface area (Å²) in [5.74, 6) is 0.911. The summed E-state index contributed by atoms with van der Waals surface area (Å²) in [4.78, 5) is 14.7. The summed E-state index contributed by atoms with van der Waals surface area (Å²) in [5.41, 5.74) is 2.01. The van der Waals surface area contributed by atoms with Crippen LogP contribution in [0.1, 0.15) is 73.7 Å². The van der Waals surface area contributed by atoms with Crippen molar-refractivity contribution >= 4 is 15.7 Å². The van der Waals surface area contributed by atoms with Gasteiger partial charge in [-0.25, -0.2) is 8.42 Å². The minimum absolute atomic E-state index is 0.0286. The average Bonchev–Trinajstić information content (AvgIpc) is 2.99. The third-order valence-electron chi connectivity index (χ3n) is 5.61. The maximum atomic E-state index is 13.0. The zero-order valence-corrected chi connectivity index (χ0v) is 15.9. The van der Waals surface area contributed by atoms with Gasteiger partial charge in [0.25, 0.3) is 5.91 Å². The molecule has 1 aliphatic heterocycles. The smallest absolute Gasteiger partial charge is 0.254 e. The van der Waals surface area contributed by atoms with Crippen LogP contribution in [0.2, 0.25) is 0 Å². The van der Waals surface area contributed by atoms with Crippen molar-refractivity contribution < 1.29 is 13.2 Å². The molecule has 1 aromatic rings. The molecule has 1 saturated heterocycles. The Hall–Kier alpha value is -1.36. The fourth-order valence-electron chi connectivity index (χ4n) is 4.21. The third-order valence-corrected chi connectivity index (χ3v) is 7.36. The number of sulfone groups is 1. The van der Waals surface area contributed by atoms with E-state index in [4.69, 9.17) is 0 Å². The highest BCUT2D eigenvalue weighted by Crippen LogP contribution is 2.32. The minimum atomic E-state index is -2.99. The van der Waals surface area contributed by atoms with Crippen LogP contribution in [-0.4, -0.2) is 43.3 Å². The highest BCUT2D eigenvalue weighted by molar-refractivity contribution is 7.91. The SMILES string of the molecule is CCCN(C(=O)c1ccc(C2CCCCC2)cc1)[C@@H]1CCS(=O)(=O)C1. The quantitative estimate of drug-likeness (QED) is 0.800. The van der Waals surface area contributed by atoms with E-state index in [0.717, 1.165) is 6.42 Å². The van der Waals surface area contributed by atoms with E-state index in [9.17, 15) is 13.2 Å². The number of carbonyl (C=O) groups excluding carboxylic acids is 1. The molecule has 138 valence electrons. The van der Waals surface area contributed by atoms with Gasteiger partial charge < -0.3 is 4.90 Å². The molecule has 1 aliphatic carbocycles. The molecule has 1 saturated carbocycles. The van der Waals surface area contributed by atoms with E-state index in [1.54, 1.807) is 4.90 Å². The van der Waals surface area contributed by atoms with Crippen LogP contribution in [-0.2, 0) is 9.84 Å². The predicted molar refractivity (Wildman–Crippen MR) is 101 cm³/mol. The van der Waals surface area contributed by atoms with Gasteiger partial charge in [-0.15, -0.1) is 0 Å². The molecule has 0 aromatic heterocycles. The Morgan fingerprint density at radius 3 is 2.32 bits per heavy atom. The molecule has 2 aliphatic rings. The zero-order valence-electron chi connectivity index (χ0n) is 15.1. The lowest BCUT2D eigenvalue weighted by molar-refractivity contribution is 0.0697. The average molecular weight is 364 g/mol. The topological polar surface area (TPSA) is 54.5 Å². The summed E-state index contributed by atoms with van der Waals surface area (Å²) in [7, 11) is -2.99. The Morgan fingerprint density at radius 2 is 1.76 bits per heavy atom. The molecule has 0 unspecified atom stereocenters. The summed E-state index contributed by atoms with van der Waals surface area (Å²) in [5, 5.41) is 0. The summed E-state index contributed by atoms with van der Waals surface area (Å²) < 4.78 is 23.6. The van der Waals surface area contributed by atoms with Crippen LogP contribution in [0.4, 0.5) is 0 Å². The Kier molecular flexibility index (Phi) is 5.82. The van der Waals surface area contributed by atoms with Gasteiger partial charge in [-0.1, -0.05) is 38.3 Å². The molecule has 1 aromatic carbocycles. The van der Waals surface area contributed by atoms with E-state index in [0.29, 0.717) is 24.4 Å². The fourth-order valence-corrected chi connectivity index (χ4v) is 5.94. The Labute approximate surface area is 151 Å². The monoisotopic (exact) mass is 363 g/mol. The van der Waals surface area contributed by atoms with E-state index < -0.39 is 9.84 Å². The van der Waals surface area contributed by atoms with Crippen LogP contribution in [0.25, 0.3) is 0 Å². The number of hydrogen-bond acceptors (Lipinski definition) is 3. The van der Waals surface area contributed by atoms with Crippen LogP contribution in [0.5, 0.6) is 0 Å². The van der Waals surface area contributed by atoms with Crippen molar-refractivity contribution in [2.45, 2.75) is 63.8 Å². The van der Waals surface area contributed by atoms with Gasteiger partial charge in [-0.3, -0.25) is 4.79 Å². The van der Waals surface area contributed by atoms with E-state index >= 15 is 0 Å². The predicted octanol–water partition coefficient (Wildman–Crippen LogP) is 3.77. The van der Waals surface area contributed by atoms with E-state index in [1.165, 1.54) is 37.7 Å². The van der Waals surface area contributed by atoms with E-state index in [2.05, 4.69) is 12.1 Å². The second-order valence-electron chi connectivity index (χ2n) is 7.51. The standard InChI is InChI=1S/C20H29NO3S/c1-2-13-21(19-12-14-25(23,24)15-19)20(22)18-10-8-17(9-11-18)16-6-4-3-5-7-16/h8-11,16,19H,2-7,12-15H2,1H3/t19-/m1/s1. The molecule has 1 atom stereocenters. The first-order valence-electron chi connectivity index (χ1n) is 9.61. The molecule has 2 fully saturated rings. The van der Waals surface area contributed by atoms with Gasteiger partial charge in [0.1, 0.15) is 0 Å². The highest BCUT2D eigenvalue weighted by atomic mass is 32.2. The molecular formula is C20H29NO3S. The zero-order chi connectivity index (χ0) is 17.9. The van der Waals surface area contributed by atoms with Crippen molar-refractivity contribution in [3.8, 4) is 0 Å². The molecule has 0 spiro atoms. The number of carbonyl (C=O) groups is 1. The lowest BCUT2D eigenvalue weighted by atomic mass is 9.84. The Bertz CT molecular complexity index is 690. The number of hydrogen-bond donors (Lipinski definition) is 0. The number of nitrogens with zero attached hydrogens (tertiary/aromatic N) is 1. The van der Waals surface area contributed by atoms with E-state index in [-0.39, 0.29) is 23.5 Å². The Morgan fingerprint density at radius 1 is 1.08 bits per heavy atom. The molecular weight excluding hydrogens is 334 g/mol. The first kappa shape index (κ1) is 18.4. The maximum absolute atomic E-state index is 13.0. The van der Waals surface area contributed by atoms with Gasteiger partial charge in [0.05, 0.1) is 11.5 Å². The summed E-state index contributed by atoms with van der Waals surface area (Å²) >= 11 is 0. The molecule has 3 rings (SSSR count). The van der Waals surface area contributed by atoms with Gasteiger partial charge in [0.15, 0.2) is 9.84 Å². The van der Waals surface area contributed by atoms with Crippen LogP contribution < -0.4 is 0 Å². The number of benzene rings is 1.